The number of amides is 1. The number of aryl methyl sites for hydroxylation is 1. The van der Waals surface area contributed by atoms with Crippen LogP contribution in [0.1, 0.15) is 22.8 Å². The van der Waals surface area contributed by atoms with E-state index < -0.39 is 0 Å². The minimum absolute atomic E-state index is 0.198. The van der Waals surface area contributed by atoms with Gasteiger partial charge in [0.1, 0.15) is 5.75 Å². The zero-order valence-corrected chi connectivity index (χ0v) is 12.1. The molecule has 2 rings (SSSR count). The second kappa shape index (κ2) is 6.39. The first-order valence-corrected chi connectivity index (χ1v) is 6.64. The summed E-state index contributed by atoms with van der Waals surface area (Å²) >= 11 is 6.12. The van der Waals surface area contributed by atoms with Crippen molar-refractivity contribution in [3.8, 4) is 5.75 Å². The van der Waals surface area contributed by atoms with Crippen LogP contribution in [0.4, 0.5) is 5.69 Å². The van der Waals surface area contributed by atoms with Crippen molar-refractivity contribution in [2.24, 2.45) is 0 Å². The Bertz CT molecular complexity index is 615. The SMILES string of the molecule is CCOc1cc(C)c(NC(=O)c2ccncc2)cc1Cl. The van der Waals surface area contributed by atoms with Gasteiger partial charge in [0, 0.05) is 23.6 Å². The van der Waals surface area contributed by atoms with Crippen molar-refractivity contribution in [3.05, 3.63) is 52.8 Å². The standard InChI is InChI=1S/C15H15ClN2O2/c1-3-20-14-8-10(2)13(9-12(14)16)18-15(19)11-4-6-17-7-5-11/h4-9H,3H2,1-2H3,(H,18,19). The van der Waals surface area contributed by atoms with Crippen LogP contribution in [0, 0.1) is 6.92 Å². The van der Waals surface area contributed by atoms with E-state index in [0.29, 0.717) is 28.6 Å². The van der Waals surface area contributed by atoms with Crippen molar-refractivity contribution in [2.75, 3.05) is 11.9 Å². The largest absolute Gasteiger partial charge is 0.492 e. The average Bonchev–Trinajstić information content (AvgIpc) is 2.45. The maximum absolute atomic E-state index is 12.1. The quantitative estimate of drug-likeness (QED) is 0.934. The first-order chi connectivity index (χ1) is 9.61. The maximum atomic E-state index is 12.1. The van der Waals surface area contributed by atoms with Crippen LogP contribution in [0.25, 0.3) is 0 Å². The Balaban J connectivity index is 2.22. The fraction of sp³-hybridized carbons (Fsp3) is 0.200. The highest BCUT2D eigenvalue weighted by atomic mass is 35.5. The van der Waals surface area contributed by atoms with Crippen LogP contribution in [-0.4, -0.2) is 17.5 Å². The van der Waals surface area contributed by atoms with E-state index in [9.17, 15) is 4.79 Å². The smallest absolute Gasteiger partial charge is 0.255 e. The van der Waals surface area contributed by atoms with Gasteiger partial charge >= 0.3 is 0 Å². The summed E-state index contributed by atoms with van der Waals surface area (Å²) in [5.74, 6) is 0.421. The minimum atomic E-state index is -0.198. The minimum Gasteiger partial charge on any atom is -0.492 e. The summed E-state index contributed by atoms with van der Waals surface area (Å²) in [5, 5.41) is 3.30. The van der Waals surface area contributed by atoms with Gasteiger partial charge in [0.2, 0.25) is 0 Å². The molecule has 0 spiro atoms. The number of halogens is 1. The van der Waals surface area contributed by atoms with Gasteiger partial charge in [-0.05, 0) is 43.7 Å². The number of hydrogen-bond donors (Lipinski definition) is 1. The highest BCUT2D eigenvalue weighted by Gasteiger charge is 2.11. The third-order valence-corrected chi connectivity index (χ3v) is 3.06. The lowest BCUT2D eigenvalue weighted by atomic mass is 10.1. The van der Waals surface area contributed by atoms with Crippen LogP contribution >= 0.6 is 11.6 Å². The lowest BCUT2D eigenvalue weighted by Crippen LogP contribution is -2.12. The summed E-state index contributed by atoms with van der Waals surface area (Å²) in [6.07, 6.45) is 3.15. The third kappa shape index (κ3) is 3.27. The molecule has 5 heteroatoms. The molecule has 0 radical (unpaired) electrons. The van der Waals surface area contributed by atoms with Crippen LogP contribution < -0.4 is 10.1 Å². The Morgan fingerprint density at radius 1 is 1.35 bits per heavy atom. The van der Waals surface area contributed by atoms with Crippen molar-refractivity contribution in [3.63, 3.8) is 0 Å². The van der Waals surface area contributed by atoms with Gasteiger partial charge in [-0.3, -0.25) is 9.78 Å². The van der Waals surface area contributed by atoms with Gasteiger partial charge in [-0.25, -0.2) is 0 Å². The van der Waals surface area contributed by atoms with Gasteiger partial charge in [0.05, 0.1) is 11.6 Å². The molecule has 0 aliphatic heterocycles. The second-order valence-corrected chi connectivity index (χ2v) is 4.63. The molecule has 0 saturated heterocycles. The van der Waals surface area contributed by atoms with Gasteiger partial charge in [-0.15, -0.1) is 0 Å². The number of pyridine rings is 1. The molecular weight excluding hydrogens is 276 g/mol. The Labute approximate surface area is 122 Å². The number of benzene rings is 1. The molecular formula is C15H15ClN2O2. The molecule has 0 atom stereocenters. The molecule has 104 valence electrons. The Morgan fingerprint density at radius 2 is 2.05 bits per heavy atom. The third-order valence-electron chi connectivity index (χ3n) is 2.77. The van der Waals surface area contributed by atoms with Crippen LogP contribution in [0.2, 0.25) is 5.02 Å². The summed E-state index contributed by atoms with van der Waals surface area (Å²) < 4.78 is 5.41. The maximum Gasteiger partial charge on any atom is 0.255 e. The van der Waals surface area contributed by atoms with Crippen LogP contribution in [0.5, 0.6) is 5.75 Å². The van der Waals surface area contributed by atoms with E-state index >= 15 is 0 Å². The molecule has 1 amide bonds. The van der Waals surface area contributed by atoms with E-state index in [1.54, 1.807) is 30.6 Å². The van der Waals surface area contributed by atoms with Gasteiger partial charge < -0.3 is 10.1 Å². The predicted molar refractivity (Wildman–Crippen MR) is 79.5 cm³/mol. The molecule has 0 aliphatic carbocycles. The molecule has 2 aromatic rings. The number of hydrogen-bond acceptors (Lipinski definition) is 3. The van der Waals surface area contributed by atoms with E-state index in [2.05, 4.69) is 10.3 Å². The lowest BCUT2D eigenvalue weighted by Gasteiger charge is -2.12. The zero-order chi connectivity index (χ0) is 14.5. The number of carbonyl (C=O) groups excluding carboxylic acids is 1. The van der Waals surface area contributed by atoms with E-state index in [1.165, 1.54) is 0 Å². The summed E-state index contributed by atoms with van der Waals surface area (Å²) in [7, 11) is 0. The highest BCUT2D eigenvalue weighted by molar-refractivity contribution is 6.32. The van der Waals surface area contributed by atoms with E-state index in [0.717, 1.165) is 5.56 Å². The van der Waals surface area contributed by atoms with Gasteiger partial charge in [-0.2, -0.15) is 0 Å². The molecule has 0 bridgehead atoms. The average molecular weight is 291 g/mol. The molecule has 0 fully saturated rings. The second-order valence-electron chi connectivity index (χ2n) is 4.22. The van der Waals surface area contributed by atoms with Gasteiger partial charge in [0.25, 0.3) is 5.91 Å². The number of aromatic nitrogens is 1. The Kier molecular flexibility index (Phi) is 4.58. The van der Waals surface area contributed by atoms with Gasteiger partial charge in [-0.1, -0.05) is 11.6 Å². The Hall–Kier alpha value is -2.07. The molecule has 1 N–H and O–H groups in total. The van der Waals surface area contributed by atoms with E-state index in [4.69, 9.17) is 16.3 Å². The number of anilines is 1. The number of ether oxygens (including phenoxy) is 1. The fourth-order valence-corrected chi connectivity index (χ4v) is 1.97. The first kappa shape index (κ1) is 14.3. The summed E-state index contributed by atoms with van der Waals surface area (Å²) in [6, 6.07) is 6.82. The molecule has 4 nitrogen and oxygen atoms in total. The fourth-order valence-electron chi connectivity index (χ4n) is 1.75. The molecule has 1 aromatic carbocycles. The summed E-state index contributed by atoms with van der Waals surface area (Å²) in [6.45, 7) is 4.33. The first-order valence-electron chi connectivity index (χ1n) is 6.26. The summed E-state index contributed by atoms with van der Waals surface area (Å²) in [5.41, 5.74) is 2.10. The predicted octanol–water partition coefficient (Wildman–Crippen LogP) is 3.69. The van der Waals surface area contributed by atoms with E-state index in [1.807, 2.05) is 19.9 Å². The molecule has 0 saturated carbocycles. The van der Waals surface area contributed by atoms with Crippen molar-refractivity contribution in [1.29, 1.82) is 0 Å². The molecule has 20 heavy (non-hydrogen) atoms. The van der Waals surface area contributed by atoms with Crippen molar-refractivity contribution >= 4 is 23.2 Å². The normalized spacial score (nSPS) is 10.2. The van der Waals surface area contributed by atoms with Crippen molar-refractivity contribution in [1.82, 2.24) is 4.98 Å². The molecule has 1 aromatic heterocycles. The molecule has 1 heterocycles. The van der Waals surface area contributed by atoms with Crippen molar-refractivity contribution < 1.29 is 9.53 Å². The topological polar surface area (TPSA) is 51.2 Å². The highest BCUT2D eigenvalue weighted by Crippen LogP contribution is 2.31. The van der Waals surface area contributed by atoms with E-state index in [-0.39, 0.29) is 5.91 Å². The number of rotatable bonds is 4. The van der Waals surface area contributed by atoms with Gasteiger partial charge in [0.15, 0.2) is 0 Å². The number of carbonyl (C=O) groups is 1. The lowest BCUT2D eigenvalue weighted by molar-refractivity contribution is 0.102. The monoisotopic (exact) mass is 290 g/mol. The number of nitrogens with zero attached hydrogens (tertiary/aromatic N) is 1. The zero-order valence-electron chi connectivity index (χ0n) is 11.3. The number of nitrogens with one attached hydrogen (secondary N) is 1. The van der Waals surface area contributed by atoms with Crippen molar-refractivity contribution in [2.45, 2.75) is 13.8 Å². The molecule has 0 aliphatic rings. The van der Waals surface area contributed by atoms with Crippen LogP contribution in [0.15, 0.2) is 36.7 Å². The molecule has 0 unspecified atom stereocenters. The van der Waals surface area contributed by atoms with Crippen LogP contribution in [0.3, 0.4) is 0 Å². The van der Waals surface area contributed by atoms with Crippen LogP contribution in [-0.2, 0) is 0 Å². The Morgan fingerprint density at radius 3 is 2.70 bits per heavy atom. The summed E-state index contributed by atoms with van der Waals surface area (Å²) in [4.78, 5) is 16.0.